The van der Waals surface area contributed by atoms with E-state index in [9.17, 15) is 0 Å². The first-order chi connectivity index (χ1) is 9.74. The molecular weight excluding hydrogens is 318 g/mol. The number of rotatable bonds is 3. The minimum Gasteiger partial charge on any atom is -0.398 e. The Morgan fingerprint density at radius 1 is 1.05 bits per heavy atom. The molecule has 1 heterocycles. The topological polar surface area (TPSA) is 69.6 Å². The third-order valence-electron chi connectivity index (χ3n) is 2.98. The Labute approximate surface area is 124 Å². The van der Waals surface area contributed by atoms with E-state index in [-0.39, 0.29) is 0 Å². The van der Waals surface area contributed by atoms with Crippen LogP contribution in [0.5, 0.6) is 0 Å². The first kappa shape index (κ1) is 12.8. The molecule has 0 fully saturated rings. The van der Waals surface area contributed by atoms with Gasteiger partial charge < -0.3 is 5.73 Å². The van der Waals surface area contributed by atoms with Crippen molar-refractivity contribution < 1.29 is 0 Å². The van der Waals surface area contributed by atoms with E-state index >= 15 is 0 Å². The van der Waals surface area contributed by atoms with Gasteiger partial charge in [-0.25, -0.2) is 4.68 Å². The lowest BCUT2D eigenvalue weighted by Gasteiger charge is -2.07. The number of para-hydroxylation sites is 1. The Morgan fingerprint density at radius 2 is 1.80 bits per heavy atom. The lowest BCUT2D eigenvalue weighted by molar-refractivity contribution is 0.653. The standard InChI is InChI=1S/C14H12BrN5/c15-11-7-5-10(6-8-11)9-20-14(17-18-19-20)12-3-1-2-4-13(12)16/h1-8H,9,16H2. The Kier molecular flexibility index (Phi) is 3.47. The van der Waals surface area contributed by atoms with Crippen molar-refractivity contribution in [1.29, 1.82) is 0 Å². The smallest absolute Gasteiger partial charge is 0.184 e. The molecule has 0 atom stereocenters. The molecule has 0 aliphatic rings. The van der Waals surface area contributed by atoms with Crippen LogP contribution in [0.2, 0.25) is 0 Å². The van der Waals surface area contributed by atoms with Crippen LogP contribution in [-0.4, -0.2) is 20.2 Å². The molecule has 0 unspecified atom stereocenters. The quantitative estimate of drug-likeness (QED) is 0.750. The van der Waals surface area contributed by atoms with Crippen LogP contribution in [-0.2, 0) is 6.54 Å². The number of benzene rings is 2. The third-order valence-corrected chi connectivity index (χ3v) is 3.51. The summed E-state index contributed by atoms with van der Waals surface area (Å²) >= 11 is 3.42. The van der Waals surface area contributed by atoms with E-state index in [0.717, 1.165) is 15.6 Å². The van der Waals surface area contributed by atoms with Crippen LogP contribution in [0.1, 0.15) is 5.56 Å². The highest BCUT2D eigenvalue weighted by atomic mass is 79.9. The second kappa shape index (κ2) is 5.42. The maximum atomic E-state index is 5.98. The van der Waals surface area contributed by atoms with Crippen molar-refractivity contribution in [2.75, 3.05) is 5.73 Å². The van der Waals surface area contributed by atoms with E-state index in [0.29, 0.717) is 18.1 Å². The third kappa shape index (κ3) is 2.55. The lowest BCUT2D eigenvalue weighted by atomic mass is 10.1. The number of tetrazole rings is 1. The molecular formula is C14H12BrN5. The SMILES string of the molecule is Nc1ccccc1-c1nnnn1Cc1ccc(Br)cc1. The summed E-state index contributed by atoms with van der Waals surface area (Å²) in [4.78, 5) is 0. The first-order valence-electron chi connectivity index (χ1n) is 6.09. The van der Waals surface area contributed by atoms with E-state index in [4.69, 9.17) is 5.73 Å². The molecule has 0 aliphatic heterocycles. The highest BCUT2D eigenvalue weighted by Crippen LogP contribution is 2.23. The fraction of sp³-hybridized carbons (Fsp3) is 0.0714. The Hall–Kier alpha value is -2.21. The molecule has 0 saturated heterocycles. The van der Waals surface area contributed by atoms with Gasteiger partial charge in [0.05, 0.1) is 6.54 Å². The van der Waals surface area contributed by atoms with Crippen LogP contribution in [0.4, 0.5) is 5.69 Å². The number of aromatic nitrogens is 4. The van der Waals surface area contributed by atoms with Gasteiger partial charge in [0.1, 0.15) is 0 Å². The number of hydrogen-bond acceptors (Lipinski definition) is 4. The number of nitrogens with zero attached hydrogens (tertiary/aromatic N) is 4. The highest BCUT2D eigenvalue weighted by Gasteiger charge is 2.11. The van der Waals surface area contributed by atoms with Crippen LogP contribution in [0, 0.1) is 0 Å². The zero-order valence-electron chi connectivity index (χ0n) is 10.6. The summed E-state index contributed by atoms with van der Waals surface area (Å²) in [6, 6.07) is 15.6. The average molecular weight is 330 g/mol. The monoisotopic (exact) mass is 329 g/mol. The second-order valence-corrected chi connectivity index (χ2v) is 5.29. The van der Waals surface area contributed by atoms with Gasteiger partial charge in [-0.15, -0.1) is 5.10 Å². The normalized spacial score (nSPS) is 10.7. The molecule has 0 spiro atoms. The molecule has 5 nitrogen and oxygen atoms in total. The van der Waals surface area contributed by atoms with Crippen LogP contribution in [0.25, 0.3) is 11.4 Å². The molecule has 3 rings (SSSR count). The fourth-order valence-corrected chi connectivity index (χ4v) is 2.23. The summed E-state index contributed by atoms with van der Waals surface area (Å²) in [5, 5.41) is 11.9. The molecule has 0 bridgehead atoms. The molecule has 2 aromatic carbocycles. The van der Waals surface area contributed by atoms with Gasteiger partial charge in [0.2, 0.25) is 0 Å². The number of nitrogens with two attached hydrogens (primary N) is 1. The van der Waals surface area contributed by atoms with Crippen molar-refractivity contribution in [2.24, 2.45) is 0 Å². The van der Waals surface area contributed by atoms with Gasteiger partial charge in [0.15, 0.2) is 5.82 Å². The van der Waals surface area contributed by atoms with Crippen LogP contribution < -0.4 is 5.73 Å². The molecule has 2 N–H and O–H groups in total. The van der Waals surface area contributed by atoms with Crippen molar-refractivity contribution in [3.63, 3.8) is 0 Å². The molecule has 20 heavy (non-hydrogen) atoms. The van der Waals surface area contributed by atoms with Gasteiger partial charge in [-0.3, -0.25) is 0 Å². The predicted molar refractivity (Wildman–Crippen MR) is 80.9 cm³/mol. The summed E-state index contributed by atoms with van der Waals surface area (Å²) in [5.74, 6) is 0.672. The van der Waals surface area contributed by atoms with Crippen LogP contribution >= 0.6 is 15.9 Å². The van der Waals surface area contributed by atoms with E-state index in [1.54, 1.807) is 4.68 Å². The van der Waals surface area contributed by atoms with E-state index < -0.39 is 0 Å². The lowest BCUT2D eigenvalue weighted by Crippen LogP contribution is -2.05. The number of nitrogen functional groups attached to an aromatic ring is 1. The minimum atomic E-state index is 0.601. The Morgan fingerprint density at radius 3 is 2.55 bits per heavy atom. The first-order valence-corrected chi connectivity index (χ1v) is 6.89. The highest BCUT2D eigenvalue weighted by molar-refractivity contribution is 9.10. The van der Waals surface area contributed by atoms with E-state index in [2.05, 4.69) is 31.5 Å². The molecule has 100 valence electrons. The molecule has 3 aromatic rings. The zero-order chi connectivity index (χ0) is 13.9. The summed E-state index contributed by atoms with van der Waals surface area (Å²) in [7, 11) is 0. The van der Waals surface area contributed by atoms with Crippen molar-refractivity contribution in [3.05, 3.63) is 58.6 Å². The molecule has 1 aromatic heterocycles. The molecule has 0 aliphatic carbocycles. The van der Waals surface area contributed by atoms with Gasteiger partial charge in [-0.2, -0.15) is 0 Å². The number of halogens is 1. The number of hydrogen-bond donors (Lipinski definition) is 1. The summed E-state index contributed by atoms with van der Waals surface area (Å²) < 4.78 is 2.79. The van der Waals surface area contributed by atoms with Gasteiger partial charge in [0.25, 0.3) is 0 Å². The summed E-state index contributed by atoms with van der Waals surface area (Å²) in [5.41, 5.74) is 8.61. The Balaban J connectivity index is 1.95. The maximum absolute atomic E-state index is 5.98. The molecule has 0 radical (unpaired) electrons. The van der Waals surface area contributed by atoms with Gasteiger partial charge >= 0.3 is 0 Å². The fourth-order valence-electron chi connectivity index (χ4n) is 1.97. The second-order valence-electron chi connectivity index (χ2n) is 4.37. The van der Waals surface area contributed by atoms with Crippen molar-refractivity contribution in [3.8, 4) is 11.4 Å². The van der Waals surface area contributed by atoms with Gasteiger partial charge in [-0.05, 0) is 40.3 Å². The number of anilines is 1. The van der Waals surface area contributed by atoms with Crippen LogP contribution in [0.3, 0.4) is 0 Å². The van der Waals surface area contributed by atoms with Crippen molar-refractivity contribution >= 4 is 21.6 Å². The molecule has 6 heteroatoms. The van der Waals surface area contributed by atoms with Gasteiger partial charge in [-0.1, -0.05) is 40.2 Å². The van der Waals surface area contributed by atoms with E-state index in [1.807, 2.05) is 48.5 Å². The zero-order valence-corrected chi connectivity index (χ0v) is 12.2. The minimum absolute atomic E-state index is 0.601. The Bertz CT molecular complexity index is 720. The predicted octanol–water partition coefficient (Wildman–Crippen LogP) is 2.73. The summed E-state index contributed by atoms with van der Waals surface area (Å²) in [6.45, 7) is 0.601. The molecule has 0 saturated carbocycles. The average Bonchev–Trinajstić information content (AvgIpc) is 2.90. The van der Waals surface area contributed by atoms with Gasteiger partial charge in [0, 0.05) is 15.7 Å². The maximum Gasteiger partial charge on any atom is 0.184 e. The summed E-state index contributed by atoms with van der Waals surface area (Å²) in [6.07, 6.45) is 0. The largest absolute Gasteiger partial charge is 0.398 e. The van der Waals surface area contributed by atoms with Crippen molar-refractivity contribution in [2.45, 2.75) is 6.54 Å². The molecule has 0 amide bonds. The van der Waals surface area contributed by atoms with E-state index in [1.165, 1.54) is 0 Å². The van der Waals surface area contributed by atoms with Crippen molar-refractivity contribution in [1.82, 2.24) is 20.2 Å². The van der Waals surface area contributed by atoms with Crippen LogP contribution in [0.15, 0.2) is 53.0 Å².